The third-order valence-electron chi connectivity index (χ3n) is 5.21. The van der Waals surface area contributed by atoms with Crippen molar-refractivity contribution in [2.45, 2.75) is 37.8 Å². The van der Waals surface area contributed by atoms with Gasteiger partial charge in [-0.2, -0.15) is 0 Å². The van der Waals surface area contributed by atoms with Gasteiger partial charge in [-0.15, -0.1) is 0 Å². The van der Waals surface area contributed by atoms with Crippen molar-refractivity contribution in [1.29, 1.82) is 0 Å². The fourth-order valence-electron chi connectivity index (χ4n) is 3.95. The number of likely N-dealkylation sites (tertiary alicyclic amines) is 1. The Hall–Kier alpha value is -2.18. The first-order valence-electron chi connectivity index (χ1n) is 9.31. The summed E-state index contributed by atoms with van der Waals surface area (Å²) in [5.41, 5.74) is 0.987. The van der Waals surface area contributed by atoms with E-state index in [4.69, 9.17) is 19.2 Å². The molecule has 2 aliphatic heterocycles. The zero-order chi connectivity index (χ0) is 17.8. The second-order valence-corrected chi connectivity index (χ2v) is 6.77. The number of rotatable bonds is 5. The Balaban J connectivity index is 1.53. The molecular weight excluding hydrogens is 330 g/mol. The summed E-state index contributed by atoms with van der Waals surface area (Å²) < 4.78 is 16.8. The summed E-state index contributed by atoms with van der Waals surface area (Å²) in [6.45, 7) is 2.83. The highest BCUT2D eigenvalue weighted by molar-refractivity contribution is 5.41. The van der Waals surface area contributed by atoms with E-state index in [1.807, 2.05) is 30.5 Å². The van der Waals surface area contributed by atoms with Crippen molar-refractivity contribution in [3.05, 3.63) is 42.4 Å². The van der Waals surface area contributed by atoms with E-state index in [0.29, 0.717) is 29.5 Å². The van der Waals surface area contributed by atoms with Crippen LogP contribution in [0.5, 0.6) is 17.4 Å². The van der Waals surface area contributed by atoms with Crippen LogP contribution in [0.25, 0.3) is 0 Å². The lowest BCUT2D eigenvalue weighted by atomic mass is 10.0. The molecule has 0 saturated carbocycles. The third kappa shape index (κ3) is 3.66. The molecule has 0 unspecified atom stereocenters. The van der Waals surface area contributed by atoms with Crippen LogP contribution in [0.2, 0.25) is 0 Å². The molecule has 2 fully saturated rings. The SMILES string of the molecule is COc1ccccc1Oc1cncc([C@@H]2CCCN2C2CCOCC2)n1. The first-order chi connectivity index (χ1) is 12.8. The minimum absolute atomic E-state index is 0.312. The molecule has 0 radical (unpaired) electrons. The number of methoxy groups -OCH3 is 1. The molecule has 2 aromatic rings. The zero-order valence-corrected chi connectivity index (χ0v) is 15.1. The fraction of sp³-hybridized carbons (Fsp3) is 0.500. The van der Waals surface area contributed by atoms with Crippen LogP contribution in [0, 0.1) is 0 Å². The van der Waals surface area contributed by atoms with Gasteiger partial charge in [0, 0.05) is 19.3 Å². The largest absolute Gasteiger partial charge is 0.493 e. The summed E-state index contributed by atoms with van der Waals surface area (Å²) in [7, 11) is 1.63. The van der Waals surface area contributed by atoms with Gasteiger partial charge in [0.2, 0.25) is 5.88 Å². The Labute approximate surface area is 154 Å². The molecule has 138 valence electrons. The average molecular weight is 355 g/mol. The van der Waals surface area contributed by atoms with Crippen molar-refractivity contribution in [3.8, 4) is 17.4 Å². The van der Waals surface area contributed by atoms with Gasteiger partial charge in [0.05, 0.1) is 31.2 Å². The van der Waals surface area contributed by atoms with Crippen LogP contribution < -0.4 is 9.47 Å². The summed E-state index contributed by atoms with van der Waals surface area (Å²) in [6, 6.07) is 8.47. The van der Waals surface area contributed by atoms with E-state index >= 15 is 0 Å². The molecule has 0 spiro atoms. The van der Waals surface area contributed by atoms with Gasteiger partial charge in [-0.1, -0.05) is 12.1 Å². The topological polar surface area (TPSA) is 56.7 Å². The second-order valence-electron chi connectivity index (χ2n) is 6.77. The second kappa shape index (κ2) is 8.01. The summed E-state index contributed by atoms with van der Waals surface area (Å²) >= 11 is 0. The molecule has 0 N–H and O–H groups in total. The summed E-state index contributed by atoms with van der Waals surface area (Å²) in [6.07, 6.45) is 8.04. The van der Waals surface area contributed by atoms with Gasteiger partial charge in [0.1, 0.15) is 0 Å². The van der Waals surface area contributed by atoms with Crippen LogP contribution in [0.4, 0.5) is 0 Å². The number of benzene rings is 1. The highest BCUT2D eigenvalue weighted by Crippen LogP contribution is 2.36. The van der Waals surface area contributed by atoms with Crippen molar-refractivity contribution < 1.29 is 14.2 Å². The molecule has 1 aromatic carbocycles. The fourth-order valence-corrected chi connectivity index (χ4v) is 3.95. The molecule has 26 heavy (non-hydrogen) atoms. The summed E-state index contributed by atoms with van der Waals surface area (Å²) in [4.78, 5) is 11.7. The van der Waals surface area contributed by atoms with E-state index in [9.17, 15) is 0 Å². The first-order valence-corrected chi connectivity index (χ1v) is 9.31. The Kier molecular flexibility index (Phi) is 5.32. The van der Waals surface area contributed by atoms with Crippen molar-refractivity contribution in [2.24, 2.45) is 0 Å². The summed E-state index contributed by atoms with van der Waals surface area (Å²) in [5.74, 6) is 1.84. The lowest BCUT2D eigenvalue weighted by molar-refractivity contribution is 0.0284. The number of para-hydroxylation sites is 2. The van der Waals surface area contributed by atoms with Crippen LogP contribution in [0.15, 0.2) is 36.7 Å². The van der Waals surface area contributed by atoms with Crippen molar-refractivity contribution in [3.63, 3.8) is 0 Å². The highest BCUT2D eigenvalue weighted by atomic mass is 16.5. The van der Waals surface area contributed by atoms with Crippen molar-refractivity contribution >= 4 is 0 Å². The molecule has 6 nitrogen and oxygen atoms in total. The standard InChI is InChI=1S/C20H25N3O3/c1-24-18-6-2-3-7-19(18)26-20-14-21-13-16(22-20)17-5-4-10-23(17)15-8-11-25-12-9-15/h2-3,6-7,13-15,17H,4-5,8-12H2,1H3/t17-/m0/s1. The normalized spacial score (nSPS) is 21.7. The minimum atomic E-state index is 0.312. The lowest BCUT2D eigenvalue weighted by Crippen LogP contribution is -2.39. The van der Waals surface area contributed by atoms with E-state index in [-0.39, 0.29) is 0 Å². The van der Waals surface area contributed by atoms with Crippen LogP contribution in [0.3, 0.4) is 0 Å². The van der Waals surface area contributed by atoms with E-state index in [1.165, 1.54) is 6.42 Å². The first kappa shape index (κ1) is 17.2. The van der Waals surface area contributed by atoms with Gasteiger partial charge in [-0.3, -0.25) is 9.88 Å². The third-order valence-corrected chi connectivity index (χ3v) is 5.21. The quantitative estimate of drug-likeness (QED) is 0.817. The van der Waals surface area contributed by atoms with Gasteiger partial charge in [0.15, 0.2) is 11.5 Å². The maximum Gasteiger partial charge on any atom is 0.238 e. The molecule has 6 heteroatoms. The van der Waals surface area contributed by atoms with Gasteiger partial charge >= 0.3 is 0 Å². The zero-order valence-electron chi connectivity index (χ0n) is 15.1. The molecule has 0 aliphatic carbocycles. The molecule has 1 atom stereocenters. The number of hydrogen-bond acceptors (Lipinski definition) is 6. The Morgan fingerprint density at radius 1 is 1.08 bits per heavy atom. The minimum Gasteiger partial charge on any atom is -0.493 e. The van der Waals surface area contributed by atoms with Gasteiger partial charge in [-0.05, 0) is 44.4 Å². The Morgan fingerprint density at radius 3 is 2.69 bits per heavy atom. The molecule has 2 aliphatic rings. The predicted molar refractivity (Wildman–Crippen MR) is 97.6 cm³/mol. The molecular formula is C20H25N3O3. The van der Waals surface area contributed by atoms with Crippen LogP contribution >= 0.6 is 0 Å². The molecule has 4 rings (SSSR count). The number of aromatic nitrogens is 2. The maximum atomic E-state index is 5.94. The molecule has 2 saturated heterocycles. The van der Waals surface area contributed by atoms with E-state index in [2.05, 4.69) is 9.88 Å². The smallest absolute Gasteiger partial charge is 0.238 e. The van der Waals surface area contributed by atoms with E-state index in [0.717, 1.165) is 44.7 Å². The van der Waals surface area contributed by atoms with Crippen molar-refractivity contribution in [1.82, 2.24) is 14.9 Å². The number of nitrogens with zero attached hydrogens (tertiary/aromatic N) is 3. The van der Waals surface area contributed by atoms with Crippen LogP contribution in [-0.2, 0) is 4.74 Å². The molecule has 0 amide bonds. The molecule has 1 aromatic heterocycles. The number of ether oxygens (including phenoxy) is 3. The molecule has 0 bridgehead atoms. The highest BCUT2D eigenvalue weighted by Gasteiger charge is 2.33. The number of hydrogen-bond donors (Lipinski definition) is 0. The average Bonchev–Trinajstić information content (AvgIpc) is 3.19. The maximum absolute atomic E-state index is 5.94. The molecule has 3 heterocycles. The van der Waals surface area contributed by atoms with Crippen LogP contribution in [0.1, 0.15) is 37.4 Å². The Bertz CT molecular complexity index is 734. The monoisotopic (exact) mass is 355 g/mol. The summed E-state index contributed by atoms with van der Waals surface area (Å²) in [5, 5.41) is 0. The lowest BCUT2D eigenvalue weighted by Gasteiger charge is -2.35. The van der Waals surface area contributed by atoms with Crippen LogP contribution in [-0.4, -0.2) is 47.8 Å². The van der Waals surface area contributed by atoms with Gasteiger partial charge in [-0.25, -0.2) is 4.98 Å². The van der Waals surface area contributed by atoms with Crippen molar-refractivity contribution in [2.75, 3.05) is 26.9 Å². The van der Waals surface area contributed by atoms with Gasteiger partial charge < -0.3 is 14.2 Å². The van der Waals surface area contributed by atoms with Gasteiger partial charge in [0.25, 0.3) is 0 Å². The van der Waals surface area contributed by atoms with E-state index < -0.39 is 0 Å². The Morgan fingerprint density at radius 2 is 1.88 bits per heavy atom. The van der Waals surface area contributed by atoms with E-state index in [1.54, 1.807) is 13.3 Å². The predicted octanol–water partition coefficient (Wildman–Crippen LogP) is 3.59.